The number of anilines is 3. The molecule has 0 saturated carbocycles. The van der Waals surface area contributed by atoms with Crippen molar-refractivity contribution in [3.63, 3.8) is 0 Å². The van der Waals surface area contributed by atoms with Crippen LogP contribution in [0.25, 0.3) is 5.57 Å². The number of benzene rings is 2. The maximum Gasteiger partial charge on any atom is 0.417 e. The molecule has 3 aromatic rings. The number of halogens is 5. The lowest BCUT2D eigenvalue weighted by Crippen LogP contribution is -2.55. The van der Waals surface area contributed by atoms with Crippen molar-refractivity contribution in [3.05, 3.63) is 82.7 Å². The summed E-state index contributed by atoms with van der Waals surface area (Å²) in [4.78, 5) is 45.1. The first kappa shape index (κ1) is 40.8. The fraction of sp³-hybridized carbons (Fsp3) is 0.500. The van der Waals surface area contributed by atoms with E-state index in [1.165, 1.54) is 12.1 Å². The quantitative estimate of drug-likeness (QED) is 0.257. The molecule has 0 radical (unpaired) electrons. The number of hydrogen-bond donors (Lipinski definition) is 1. The van der Waals surface area contributed by atoms with Crippen LogP contribution in [-0.2, 0) is 17.5 Å². The number of nitrogens with one attached hydrogen (secondary N) is 1. The van der Waals surface area contributed by atoms with E-state index >= 15 is 4.39 Å². The summed E-state index contributed by atoms with van der Waals surface area (Å²) in [5, 5.41) is 2.62. The Kier molecular flexibility index (Phi) is 11.9. The van der Waals surface area contributed by atoms with Crippen LogP contribution in [0.4, 0.5) is 44.1 Å². The van der Waals surface area contributed by atoms with Crippen molar-refractivity contribution in [1.29, 1.82) is 0 Å². The molecule has 3 aliphatic heterocycles. The Bertz CT molecular complexity index is 1930. The van der Waals surface area contributed by atoms with Crippen LogP contribution in [0, 0.1) is 11.6 Å². The Morgan fingerprint density at radius 1 is 0.911 bits per heavy atom. The standard InChI is InChI=1S/C40H49F5N8O3/c1-25-22-53(23-26(2)49(25)6)35-19-33(42)31(18-34(35)48-36(54)30-8-7-29(41)17-32(30)40(43,44)45)28-9-11-51(12-10-28)37-46-20-27(21-47-37)24-50-13-15-52(16-14-50)38(55)56-39(3,4)5/h7-9,17-21,25-26H,10-16,22-24H2,1-6H3,(H,48,54)/t25-,26+. The lowest BCUT2D eigenvalue weighted by Gasteiger charge is -2.44. The number of carbonyl (C=O) groups is 2. The summed E-state index contributed by atoms with van der Waals surface area (Å²) in [6, 6.07) is 4.86. The summed E-state index contributed by atoms with van der Waals surface area (Å²) in [6.45, 7) is 14.6. The second-order valence-corrected chi connectivity index (χ2v) is 15.8. The fourth-order valence-corrected chi connectivity index (χ4v) is 7.27. The molecule has 1 N–H and O–H groups in total. The first-order valence-corrected chi connectivity index (χ1v) is 18.8. The summed E-state index contributed by atoms with van der Waals surface area (Å²) in [5.74, 6) is -2.22. The van der Waals surface area contributed by atoms with E-state index in [-0.39, 0.29) is 29.4 Å². The Labute approximate surface area is 324 Å². The molecule has 2 aromatic carbocycles. The molecule has 6 rings (SSSR count). The van der Waals surface area contributed by atoms with E-state index in [0.29, 0.717) is 88.6 Å². The van der Waals surface area contributed by atoms with Crippen LogP contribution in [0.5, 0.6) is 0 Å². The third kappa shape index (κ3) is 9.57. The normalized spacial score (nSPS) is 20.2. The second-order valence-electron chi connectivity index (χ2n) is 15.8. The van der Waals surface area contributed by atoms with Gasteiger partial charge in [-0.05, 0) is 84.0 Å². The number of nitrogens with zero attached hydrogens (tertiary/aromatic N) is 7. The molecule has 16 heteroatoms. The number of rotatable bonds is 7. The second kappa shape index (κ2) is 16.3. The van der Waals surface area contributed by atoms with Gasteiger partial charge in [0.15, 0.2) is 0 Å². The van der Waals surface area contributed by atoms with Crippen LogP contribution in [0.1, 0.15) is 68.1 Å². The lowest BCUT2D eigenvalue weighted by molar-refractivity contribution is -0.138. The topological polar surface area (TPSA) is 97.4 Å². The maximum absolute atomic E-state index is 16.1. The van der Waals surface area contributed by atoms with Crippen LogP contribution < -0.4 is 15.1 Å². The van der Waals surface area contributed by atoms with Crippen molar-refractivity contribution in [2.24, 2.45) is 0 Å². The van der Waals surface area contributed by atoms with Gasteiger partial charge in [0.1, 0.15) is 17.2 Å². The molecule has 2 saturated heterocycles. The largest absolute Gasteiger partial charge is 0.444 e. The molecule has 4 heterocycles. The number of amides is 2. The molecule has 0 spiro atoms. The average Bonchev–Trinajstić information content (AvgIpc) is 3.14. The van der Waals surface area contributed by atoms with Gasteiger partial charge in [0, 0.05) is 94.5 Å². The van der Waals surface area contributed by atoms with Crippen molar-refractivity contribution in [2.45, 2.75) is 71.4 Å². The molecule has 302 valence electrons. The molecule has 56 heavy (non-hydrogen) atoms. The number of carbonyl (C=O) groups excluding carboxylic acids is 2. The Morgan fingerprint density at radius 2 is 1.57 bits per heavy atom. The van der Waals surface area contributed by atoms with Gasteiger partial charge in [-0.15, -0.1) is 0 Å². The predicted octanol–water partition coefficient (Wildman–Crippen LogP) is 6.90. The molecule has 2 fully saturated rings. The van der Waals surface area contributed by atoms with Crippen molar-refractivity contribution >= 4 is 34.9 Å². The number of ether oxygens (including phenoxy) is 1. The molecule has 2 amide bonds. The molecular formula is C40H49F5N8O3. The van der Waals surface area contributed by atoms with Gasteiger partial charge in [-0.25, -0.2) is 23.5 Å². The monoisotopic (exact) mass is 784 g/mol. The van der Waals surface area contributed by atoms with Gasteiger partial charge in [-0.3, -0.25) is 14.6 Å². The van der Waals surface area contributed by atoms with Gasteiger partial charge < -0.3 is 24.8 Å². The van der Waals surface area contributed by atoms with Crippen molar-refractivity contribution < 1.29 is 36.3 Å². The van der Waals surface area contributed by atoms with Gasteiger partial charge in [0.25, 0.3) is 5.91 Å². The van der Waals surface area contributed by atoms with Crippen molar-refractivity contribution in [2.75, 3.05) is 74.5 Å². The maximum atomic E-state index is 16.1. The molecular weight excluding hydrogens is 735 g/mol. The van der Waals surface area contributed by atoms with Gasteiger partial charge in [0.2, 0.25) is 5.95 Å². The number of hydrogen-bond acceptors (Lipinski definition) is 9. The molecule has 0 aliphatic carbocycles. The van der Waals surface area contributed by atoms with Gasteiger partial charge in [-0.2, -0.15) is 13.2 Å². The fourth-order valence-electron chi connectivity index (χ4n) is 7.27. The summed E-state index contributed by atoms with van der Waals surface area (Å²) in [7, 11) is 1.99. The van der Waals surface area contributed by atoms with Crippen LogP contribution >= 0.6 is 0 Å². The number of piperazine rings is 2. The van der Waals surface area contributed by atoms with Gasteiger partial charge in [-0.1, -0.05) is 6.08 Å². The molecule has 3 aliphatic rings. The van der Waals surface area contributed by atoms with E-state index < -0.39 is 40.4 Å². The van der Waals surface area contributed by atoms with E-state index in [1.54, 1.807) is 17.3 Å². The zero-order valence-electron chi connectivity index (χ0n) is 32.6. The minimum absolute atomic E-state index is 0.0730. The first-order valence-electron chi connectivity index (χ1n) is 18.8. The van der Waals surface area contributed by atoms with E-state index in [1.807, 2.05) is 57.5 Å². The van der Waals surface area contributed by atoms with E-state index in [0.717, 1.165) is 17.7 Å². The van der Waals surface area contributed by atoms with E-state index in [4.69, 9.17) is 4.74 Å². The van der Waals surface area contributed by atoms with Crippen LogP contribution in [0.15, 0.2) is 48.8 Å². The average molecular weight is 785 g/mol. The molecule has 1 aromatic heterocycles. The van der Waals surface area contributed by atoms with Crippen molar-refractivity contribution in [3.8, 4) is 0 Å². The van der Waals surface area contributed by atoms with Gasteiger partial charge >= 0.3 is 12.3 Å². The summed E-state index contributed by atoms with van der Waals surface area (Å²) < 4.78 is 77.1. The highest BCUT2D eigenvalue weighted by Gasteiger charge is 2.36. The Balaban J connectivity index is 1.17. The Morgan fingerprint density at radius 3 is 2.16 bits per heavy atom. The Hall–Kier alpha value is -4.83. The summed E-state index contributed by atoms with van der Waals surface area (Å²) in [6.07, 6.45) is 0.541. The zero-order valence-corrected chi connectivity index (χ0v) is 32.6. The minimum atomic E-state index is -4.98. The highest BCUT2D eigenvalue weighted by atomic mass is 19.4. The number of aromatic nitrogens is 2. The highest BCUT2D eigenvalue weighted by Crippen LogP contribution is 2.38. The summed E-state index contributed by atoms with van der Waals surface area (Å²) >= 11 is 0. The lowest BCUT2D eigenvalue weighted by atomic mass is 9.96. The summed E-state index contributed by atoms with van der Waals surface area (Å²) in [5.41, 5.74) is -0.372. The highest BCUT2D eigenvalue weighted by molar-refractivity contribution is 6.07. The predicted molar refractivity (Wildman–Crippen MR) is 205 cm³/mol. The number of likely N-dealkylation sites (N-methyl/N-ethyl adjacent to an activating group) is 1. The van der Waals surface area contributed by atoms with Crippen molar-refractivity contribution in [1.82, 2.24) is 24.7 Å². The first-order chi connectivity index (χ1) is 26.4. The number of alkyl halides is 3. The smallest absolute Gasteiger partial charge is 0.417 e. The van der Waals surface area contributed by atoms with E-state index in [2.05, 4.69) is 25.1 Å². The van der Waals surface area contributed by atoms with Gasteiger partial charge in [0.05, 0.1) is 22.5 Å². The van der Waals surface area contributed by atoms with E-state index in [9.17, 15) is 27.2 Å². The SMILES string of the molecule is C[C@@H]1CN(c2cc(F)c(C3=CCN(c4ncc(CN5CCN(C(=O)OC(C)(C)C)CC5)cn4)CC3)cc2NC(=O)c2ccc(F)cc2C(F)(F)F)C[C@H](C)N1C. The minimum Gasteiger partial charge on any atom is -0.444 e. The third-order valence-corrected chi connectivity index (χ3v) is 10.5. The van der Waals surface area contributed by atoms with Crippen LogP contribution in [0.2, 0.25) is 0 Å². The molecule has 2 atom stereocenters. The van der Waals surface area contributed by atoms with Crippen LogP contribution in [-0.4, -0.2) is 114 Å². The molecule has 11 nitrogen and oxygen atoms in total. The van der Waals surface area contributed by atoms with Crippen LogP contribution in [0.3, 0.4) is 0 Å². The zero-order chi connectivity index (χ0) is 40.5. The molecule has 0 unspecified atom stereocenters. The third-order valence-electron chi connectivity index (χ3n) is 10.5. The molecule has 0 bridgehead atoms.